The summed E-state index contributed by atoms with van der Waals surface area (Å²) in [6, 6.07) is 0. The maximum Gasteiger partial charge on any atom is 0.250 e. The first-order chi connectivity index (χ1) is 4.72. The van der Waals surface area contributed by atoms with Crippen LogP contribution in [0.2, 0.25) is 0 Å². The Labute approximate surface area is 58.1 Å². The highest BCUT2D eigenvalue weighted by Crippen LogP contribution is 1.96. The number of aromatic nitrogens is 3. The zero-order valence-electron chi connectivity index (χ0n) is 5.79. The minimum Gasteiger partial charge on any atom is -0.288 e. The second-order valence-corrected chi connectivity index (χ2v) is 1.87. The van der Waals surface area contributed by atoms with E-state index in [1.54, 1.807) is 13.8 Å². The lowest BCUT2D eigenvalue weighted by Crippen LogP contribution is -2.02. The maximum atomic E-state index is 8.38. The first-order valence-electron chi connectivity index (χ1n) is 2.82. The third kappa shape index (κ3) is 1.38. The summed E-state index contributed by atoms with van der Waals surface area (Å²) >= 11 is 0. The third-order valence-electron chi connectivity index (χ3n) is 0.959. The lowest BCUT2D eigenvalue weighted by atomic mass is 10.6. The van der Waals surface area contributed by atoms with Crippen molar-refractivity contribution in [2.45, 2.75) is 13.8 Å². The van der Waals surface area contributed by atoms with Crippen molar-refractivity contribution >= 4 is 5.95 Å². The molecule has 0 aliphatic heterocycles. The smallest absolute Gasteiger partial charge is 0.250 e. The molecule has 0 spiro atoms. The van der Waals surface area contributed by atoms with E-state index in [4.69, 9.17) is 5.21 Å². The molecule has 5 nitrogen and oxygen atoms in total. The molecule has 5 heteroatoms. The SMILES string of the molecule is Cc1nc(C)nc(NO)n1. The Hall–Kier alpha value is -1.23. The Bertz CT molecular complexity index is 217. The topological polar surface area (TPSA) is 70.9 Å². The number of hydrogen-bond donors (Lipinski definition) is 2. The summed E-state index contributed by atoms with van der Waals surface area (Å²) in [5, 5.41) is 8.38. The van der Waals surface area contributed by atoms with Crippen LogP contribution in [-0.4, -0.2) is 20.2 Å². The lowest BCUT2D eigenvalue weighted by Gasteiger charge is -1.97. The fourth-order valence-electron chi connectivity index (χ4n) is 0.666. The summed E-state index contributed by atoms with van der Waals surface area (Å²) in [4.78, 5) is 11.4. The second kappa shape index (κ2) is 2.57. The molecule has 1 rings (SSSR count). The van der Waals surface area contributed by atoms with Crippen molar-refractivity contribution in [2.75, 3.05) is 5.48 Å². The van der Waals surface area contributed by atoms with Gasteiger partial charge >= 0.3 is 0 Å². The molecule has 1 aromatic rings. The standard InChI is InChI=1S/C5H8N4O/c1-3-6-4(2)8-5(7-3)9-10/h10H,1-2H3,(H,6,7,8,9). The van der Waals surface area contributed by atoms with E-state index in [0.29, 0.717) is 11.6 Å². The highest BCUT2D eigenvalue weighted by molar-refractivity contribution is 5.19. The summed E-state index contributed by atoms with van der Waals surface area (Å²) in [5.74, 6) is 1.36. The molecule has 0 bridgehead atoms. The summed E-state index contributed by atoms with van der Waals surface area (Å²) in [5.41, 5.74) is 1.85. The van der Waals surface area contributed by atoms with Gasteiger partial charge in [0.15, 0.2) is 0 Å². The lowest BCUT2D eigenvalue weighted by molar-refractivity contribution is 0.381. The van der Waals surface area contributed by atoms with Gasteiger partial charge in [-0.05, 0) is 13.8 Å². The quantitative estimate of drug-likeness (QED) is 0.548. The van der Waals surface area contributed by atoms with Gasteiger partial charge in [-0.1, -0.05) is 0 Å². The zero-order chi connectivity index (χ0) is 7.56. The molecule has 0 fully saturated rings. The summed E-state index contributed by atoms with van der Waals surface area (Å²) in [6.07, 6.45) is 0. The first kappa shape index (κ1) is 6.88. The van der Waals surface area contributed by atoms with E-state index >= 15 is 0 Å². The van der Waals surface area contributed by atoms with E-state index < -0.39 is 0 Å². The van der Waals surface area contributed by atoms with Gasteiger partial charge < -0.3 is 0 Å². The fraction of sp³-hybridized carbons (Fsp3) is 0.400. The number of anilines is 1. The summed E-state index contributed by atoms with van der Waals surface area (Å²) in [7, 11) is 0. The molecule has 0 aromatic carbocycles. The Balaban J connectivity index is 3.06. The van der Waals surface area contributed by atoms with Crippen LogP contribution in [-0.2, 0) is 0 Å². The molecule has 10 heavy (non-hydrogen) atoms. The maximum absolute atomic E-state index is 8.38. The Morgan fingerprint density at radius 1 is 1.10 bits per heavy atom. The van der Waals surface area contributed by atoms with Gasteiger partial charge in [0.1, 0.15) is 11.6 Å². The molecule has 0 amide bonds. The number of rotatable bonds is 1. The van der Waals surface area contributed by atoms with Gasteiger partial charge in [-0.2, -0.15) is 9.97 Å². The van der Waals surface area contributed by atoms with Gasteiger partial charge in [-0.3, -0.25) is 5.21 Å². The molecule has 0 saturated carbocycles. The number of aryl methyl sites for hydroxylation is 2. The highest BCUT2D eigenvalue weighted by Gasteiger charge is 1.96. The van der Waals surface area contributed by atoms with Crippen molar-refractivity contribution < 1.29 is 5.21 Å². The molecule has 1 aromatic heterocycles. The number of nitrogens with one attached hydrogen (secondary N) is 1. The number of hydrogen-bond acceptors (Lipinski definition) is 5. The predicted octanol–water partition coefficient (Wildman–Crippen LogP) is 0.290. The zero-order valence-corrected chi connectivity index (χ0v) is 5.79. The van der Waals surface area contributed by atoms with Gasteiger partial charge in [0, 0.05) is 0 Å². The van der Waals surface area contributed by atoms with Crippen LogP contribution in [0, 0.1) is 13.8 Å². The minimum atomic E-state index is 0.185. The molecule has 0 saturated heterocycles. The van der Waals surface area contributed by atoms with Crippen LogP contribution < -0.4 is 5.48 Å². The Morgan fingerprint density at radius 3 is 2.00 bits per heavy atom. The van der Waals surface area contributed by atoms with Crippen molar-refractivity contribution in [3.05, 3.63) is 11.6 Å². The van der Waals surface area contributed by atoms with Crippen molar-refractivity contribution in [2.24, 2.45) is 0 Å². The molecule has 0 atom stereocenters. The van der Waals surface area contributed by atoms with E-state index in [1.165, 1.54) is 0 Å². The molecule has 0 aliphatic carbocycles. The summed E-state index contributed by atoms with van der Waals surface area (Å²) < 4.78 is 0. The average Bonchev–Trinajstić information content (AvgIpc) is 1.85. The predicted molar refractivity (Wildman–Crippen MR) is 34.7 cm³/mol. The van der Waals surface area contributed by atoms with E-state index in [9.17, 15) is 0 Å². The van der Waals surface area contributed by atoms with Gasteiger partial charge in [-0.15, -0.1) is 0 Å². The summed E-state index contributed by atoms with van der Waals surface area (Å²) in [6.45, 7) is 3.46. The van der Waals surface area contributed by atoms with Crippen molar-refractivity contribution in [1.82, 2.24) is 15.0 Å². The first-order valence-corrected chi connectivity index (χ1v) is 2.82. The van der Waals surface area contributed by atoms with Crippen molar-refractivity contribution in [3.8, 4) is 0 Å². The molecule has 2 N–H and O–H groups in total. The molecular formula is C5H8N4O. The van der Waals surface area contributed by atoms with Crippen LogP contribution in [0.5, 0.6) is 0 Å². The average molecular weight is 140 g/mol. The normalized spacial score (nSPS) is 9.50. The number of nitrogens with zero attached hydrogens (tertiary/aromatic N) is 3. The van der Waals surface area contributed by atoms with Gasteiger partial charge in [0.25, 0.3) is 0 Å². The van der Waals surface area contributed by atoms with Crippen LogP contribution >= 0.6 is 0 Å². The van der Waals surface area contributed by atoms with E-state index in [-0.39, 0.29) is 5.95 Å². The van der Waals surface area contributed by atoms with E-state index in [2.05, 4.69) is 15.0 Å². The van der Waals surface area contributed by atoms with E-state index in [1.807, 2.05) is 5.48 Å². The van der Waals surface area contributed by atoms with Gasteiger partial charge in [-0.25, -0.2) is 10.5 Å². The molecule has 1 heterocycles. The molecule has 0 unspecified atom stereocenters. The van der Waals surface area contributed by atoms with Gasteiger partial charge in [0.05, 0.1) is 0 Å². The van der Waals surface area contributed by atoms with E-state index in [0.717, 1.165) is 0 Å². The van der Waals surface area contributed by atoms with Crippen LogP contribution in [0.15, 0.2) is 0 Å². The third-order valence-corrected chi connectivity index (χ3v) is 0.959. The van der Waals surface area contributed by atoms with Gasteiger partial charge in [0.2, 0.25) is 5.95 Å². The van der Waals surface area contributed by atoms with Crippen LogP contribution in [0.25, 0.3) is 0 Å². The van der Waals surface area contributed by atoms with Crippen molar-refractivity contribution in [3.63, 3.8) is 0 Å². The second-order valence-electron chi connectivity index (χ2n) is 1.87. The Kier molecular flexibility index (Phi) is 1.77. The Morgan fingerprint density at radius 2 is 1.60 bits per heavy atom. The molecule has 0 aliphatic rings. The monoisotopic (exact) mass is 140 g/mol. The highest BCUT2D eigenvalue weighted by atomic mass is 16.5. The largest absolute Gasteiger partial charge is 0.288 e. The van der Waals surface area contributed by atoms with Crippen LogP contribution in [0.4, 0.5) is 5.95 Å². The van der Waals surface area contributed by atoms with Crippen molar-refractivity contribution in [1.29, 1.82) is 0 Å². The fourth-order valence-corrected chi connectivity index (χ4v) is 0.666. The molecule has 0 radical (unpaired) electrons. The molecular weight excluding hydrogens is 132 g/mol. The van der Waals surface area contributed by atoms with Crippen LogP contribution in [0.1, 0.15) is 11.6 Å². The minimum absolute atomic E-state index is 0.185. The molecule has 54 valence electrons. The van der Waals surface area contributed by atoms with Crippen LogP contribution in [0.3, 0.4) is 0 Å².